The molecule has 0 fully saturated rings. The molecule has 2 rings (SSSR count). The van der Waals surface area contributed by atoms with Gasteiger partial charge in [0.05, 0.1) is 16.8 Å². The summed E-state index contributed by atoms with van der Waals surface area (Å²) in [5, 5.41) is 0.512. The van der Waals surface area contributed by atoms with Gasteiger partial charge in [-0.2, -0.15) is 0 Å². The molecule has 0 aromatic heterocycles. The molecule has 2 nitrogen and oxygen atoms in total. The van der Waals surface area contributed by atoms with Crippen molar-refractivity contribution in [2.24, 2.45) is 0 Å². The van der Waals surface area contributed by atoms with E-state index in [4.69, 9.17) is 17.3 Å². The first-order valence-corrected chi connectivity index (χ1v) is 6.82. The Morgan fingerprint density at radius 1 is 1.25 bits per heavy atom. The summed E-state index contributed by atoms with van der Waals surface area (Å²) in [4.78, 5) is 2.00. The molecule has 20 heavy (non-hydrogen) atoms. The second-order valence-corrected chi connectivity index (χ2v) is 5.38. The lowest BCUT2D eigenvalue weighted by Gasteiger charge is -2.29. The minimum Gasteiger partial charge on any atom is -0.398 e. The van der Waals surface area contributed by atoms with Crippen molar-refractivity contribution in [2.45, 2.75) is 19.9 Å². The first-order chi connectivity index (χ1) is 9.41. The van der Waals surface area contributed by atoms with Gasteiger partial charge in [-0.05, 0) is 37.6 Å². The van der Waals surface area contributed by atoms with Gasteiger partial charge in [0.2, 0.25) is 0 Å². The maximum absolute atomic E-state index is 13.9. The van der Waals surface area contributed by atoms with Crippen LogP contribution in [0.5, 0.6) is 0 Å². The third-order valence-electron chi connectivity index (χ3n) is 3.63. The average Bonchev–Trinajstić information content (AvgIpc) is 2.42. The lowest BCUT2D eigenvalue weighted by molar-refractivity contribution is 0.585. The van der Waals surface area contributed by atoms with E-state index in [-0.39, 0.29) is 11.9 Å². The molecule has 2 aromatic rings. The summed E-state index contributed by atoms with van der Waals surface area (Å²) in [6.45, 7) is 3.93. The smallest absolute Gasteiger partial charge is 0.128 e. The van der Waals surface area contributed by atoms with Crippen LogP contribution in [0.3, 0.4) is 0 Å². The highest BCUT2D eigenvalue weighted by Gasteiger charge is 2.18. The largest absolute Gasteiger partial charge is 0.398 e. The van der Waals surface area contributed by atoms with Crippen molar-refractivity contribution in [1.29, 1.82) is 0 Å². The number of nitrogens with two attached hydrogens (primary N) is 1. The van der Waals surface area contributed by atoms with E-state index in [0.29, 0.717) is 16.3 Å². The van der Waals surface area contributed by atoms with Gasteiger partial charge in [-0.3, -0.25) is 0 Å². The third-order valence-corrected chi connectivity index (χ3v) is 3.96. The van der Waals surface area contributed by atoms with Crippen molar-refractivity contribution < 1.29 is 4.39 Å². The standard InChI is InChI=1S/C16H18ClFN2/c1-10-8-15(19)13(17)9-16(10)20(3)11(2)12-6-4-5-7-14(12)18/h4-9,11H,19H2,1-3H3. The van der Waals surface area contributed by atoms with Crippen molar-refractivity contribution in [3.63, 3.8) is 0 Å². The number of nitrogens with zero attached hydrogens (tertiary/aromatic N) is 1. The van der Waals surface area contributed by atoms with Crippen molar-refractivity contribution in [3.05, 3.63) is 58.4 Å². The maximum Gasteiger partial charge on any atom is 0.128 e. The molecule has 106 valence electrons. The molecular weight excluding hydrogens is 275 g/mol. The zero-order chi connectivity index (χ0) is 14.9. The highest BCUT2D eigenvalue weighted by molar-refractivity contribution is 6.33. The molecule has 0 heterocycles. The van der Waals surface area contributed by atoms with Crippen molar-refractivity contribution in [3.8, 4) is 0 Å². The first-order valence-electron chi connectivity index (χ1n) is 6.44. The van der Waals surface area contributed by atoms with Crippen LogP contribution in [0.2, 0.25) is 5.02 Å². The van der Waals surface area contributed by atoms with Crippen molar-refractivity contribution in [1.82, 2.24) is 0 Å². The molecule has 0 saturated heterocycles. The first kappa shape index (κ1) is 14.7. The molecule has 1 unspecified atom stereocenters. The molecule has 0 saturated carbocycles. The predicted octanol–water partition coefficient (Wildman–Crippen LogP) is 4.57. The minimum atomic E-state index is -0.203. The zero-order valence-corrected chi connectivity index (χ0v) is 12.6. The molecule has 1 atom stereocenters. The Hall–Kier alpha value is -1.74. The lowest BCUT2D eigenvalue weighted by Crippen LogP contribution is -2.23. The molecule has 0 spiro atoms. The average molecular weight is 293 g/mol. The van der Waals surface area contributed by atoms with E-state index in [9.17, 15) is 4.39 Å². The number of rotatable bonds is 3. The van der Waals surface area contributed by atoms with Gasteiger partial charge in [-0.15, -0.1) is 0 Å². The van der Waals surface area contributed by atoms with Crippen molar-refractivity contribution in [2.75, 3.05) is 17.7 Å². The van der Waals surface area contributed by atoms with E-state index < -0.39 is 0 Å². The molecule has 4 heteroatoms. The van der Waals surface area contributed by atoms with Crippen LogP contribution in [0.4, 0.5) is 15.8 Å². The molecule has 0 aliphatic rings. The summed E-state index contributed by atoms with van der Waals surface area (Å²) in [5.74, 6) is -0.203. The monoisotopic (exact) mass is 292 g/mol. The molecule has 2 aromatic carbocycles. The van der Waals surface area contributed by atoms with Crippen LogP contribution in [-0.2, 0) is 0 Å². The van der Waals surface area contributed by atoms with Crippen LogP contribution in [0.1, 0.15) is 24.1 Å². The second kappa shape index (κ2) is 5.71. The number of anilines is 2. The van der Waals surface area contributed by atoms with Crippen LogP contribution in [0, 0.1) is 12.7 Å². The molecule has 0 aliphatic carbocycles. The van der Waals surface area contributed by atoms with E-state index >= 15 is 0 Å². The van der Waals surface area contributed by atoms with E-state index in [2.05, 4.69) is 0 Å². The molecule has 0 bridgehead atoms. The van der Waals surface area contributed by atoms with E-state index in [1.165, 1.54) is 6.07 Å². The zero-order valence-electron chi connectivity index (χ0n) is 11.8. The fraction of sp³-hybridized carbons (Fsp3) is 0.250. The molecule has 0 amide bonds. The summed E-state index contributed by atoms with van der Waals surface area (Å²) in [7, 11) is 1.92. The van der Waals surface area contributed by atoms with E-state index in [1.54, 1.807) is 12.1 Å². The summed E-state index contributed by atoms with van der Waals surface area (Å²) in [5.41, 5.74) is 8.96. The highest BCUT2D eigenvalue weighted by atomic mass is 35.5. The number of halogens is 2. The number of hydrogen-bond acceptors (Lipinski definition) is 2. The SMILES string of the molecule is Cc1cc(N)c(Cl)cc1N(C)C(C)c1ccccc1F. The Morgan fingerprint density at radius 3 is 2.55 bits per heavy atom. The Balaban J connectivity index is 2.39. The summed E-state index contributed by atoms with van der Waals surface area (Å²) >= 11 is 6.09. The fourth-order valence-corrected chi connectivity index (χ4v) is 2.46. The van der Waals surface area contributed by atoms with Crippen LogP contribution in [0.15, 0.2) is 36.4 Å². The maximum atomic E-state index is 13.9. The van der Waals surface area contributed by atoms with Crippen LogP contribution in [0.25, 0.3) is 0 Å². The Kier molecular flexibility index (Phi) is 4.19. The van der Waals surface area contributed by atoms with Gasteiger partial charge in [0.25, 0.3) is 0 Å². The number of benzene rings is 2. The van der Waals surface area contributed by atoms with E-state index in [0.717, 1.165) is 11.3 Å². The van der Waals surface area contributed by atoms with Gasteiger partial charge < -0.3 is 10.6 Å². The predicted molar refractivity (Wildman–Crippen MR) is 83.8 cm³/mol. The topological polar surface area (TPSA) is 29.3 Å². The Labute approximate surface area is 124 Å². The van der Waals surface area contributed by atoms with Gasteiger partial charge >= 0.3 is 0 Å². The lowest BCUT2D eigenvalue weighted by atomic mass is 10.0. The molecule has 0 aliphatic heterocycles. The minimum absolute atomic E-state index is 0.102. The van der Waals surface area contributed by atoms with Gasteiger partial charge in [0.15, 0.2) is 0 Å². The fourth-order valence-electron chi connectivity index (χ4n) is 2.30. The molecule has 0 radical (unpaired) electrons. The summed E-state index contributed by atoms with van der Waals surface area (Å²) in [6.07, 6.45) is 0. The van der Waals surface area contributed by atoms with Gasteiger partial charge in [0.1, 0.15) is 5.82 Å². The van der Waals surface area contributed by atoms with Gasteiger partial charge in [0, 0.05) is 18.3 Å². The number of aryl methyl sites for hydroxylation is 1. The van der Waals surface area contributed by atoms with E-state index in [1.807, 2.05) is 44.0 Å². The number of hydrogen-bond donors (Lipinski definition) is 1. The third kappa shape index (κ3) is 2.73. The quantitative estimate of drug-likeness (QED) is 0.840. The molecule has 2 N–H and O–H groups in total. The van der Waals surface area contributed by atoms with Gasteiger partial charge in [-0.1, -0.05) is 29.8 Å². The van der Waals surface area contributed by atoms with Gasteiger partial charge in [-0.25, -0.2) is 4.39 Å². The normalized spacial score (nSPS) is 12.2. The van der Waals surface area contributed by atoms with Crippen LogP contribution in [-0.4, -0.2) is 7.05 Å². The molecular formula is C16H18ClFN2. The van der Waals surface area contributed by atoms with Crippen LogP contribution >= 0.6 is 11.6 Å². The summed E-state index contributed by atoms with van der Waals surface area (Å²) < 4.78 is 13.9. The van der Waals surface area contributed by atoms with Crippen molar-refractivity contribution >= 4 is 23.0 Å². The highest BCUT2D eigenvalue weighted by Crippen LogP contribution is 2.33. The Morgan fingerprint density at radius 2 is 1.90 bits per heavy atom. The Bertz CT molecular complexity index is 628. The number of nitrogen functional groups attached to an aromatic ring is 1. The summed E-state index contributed by atoms with van der Waals surface area (Å²) in [6, 6.07) is 10.4. The second-order valence-electron chi connectivity index (χ2n) is 4.97. The van der Waals surface area contributed by atoms with Crippen LogP contribution < -0.4 is 10.6 Å².